The molecule has 0 unspecified atom stereocenters. The predicted molar refractivity (Wildman–Crippen MR) is 128 cm³/mol. The Labute approximate surface area is 206 Å². The van der Waals surface area contributed by atoms with Crippen LogP contribution in [0, 0.1) is 0 Å². The molecule has 0 saturated carbocycles. The van der Waals surface area contributed by atoms with Crippen LogP contribution in [-0.4, -0.2) is 47.5 Å². The zero-order chi connectivity index (χ0) is 23.5. The summed E-state index contributed by atoms with van der Waals surface area (Å²) in [5, 5.41) is 11.8. The molecule has 0 spiro atoms. The number of thioether (sulfide) groups is 1. The summed E-state index contributed by atoms with van der Waals surface area (Å²) < 4.78 is 24.1. The van der Waals surface area contributed by atoms with Crippen molar-refractivity contribution in [2.24, 2.45) is 0 Å². The summed E-state index contributed by atoms with van der Waals surface area (Å²) in [6, 6.07) is 25.5. The largest absolute Gasteiger partial charge is 0.453 e. The molecule has 176 valence electrons. The maximum absolute atomic E-state index is 12.9. The molecule has 6 atom stereocenters. The molecule has 5 rings (SSSR count). The number of hydrogen-bond donors (Lipinski definition) is 1. The van der Waals surface area contributed by atoms with Crippen molar-refractivity contribution in [3.8, 4) is 0 Å². The van der Waals surface area contributed by atoms with Gasteiger partial charge in [-0.05, 0) is 36.4 Å². The summed E-state index contributed by atoms with van der Waals surface area (Å²) >= 11 is 7.31. The molecule has 3 aromatic rings. The van der Waals surface area contributed by atoms with Crippen molar-refractivity contribution < 1.29 is 28.8 Å². The molecule has 1 N–H and O–H groups in total. The fourth-order valence-corrected chi connectivity index (χ4v) is 5.19. The first-order chi connectivity index (χ1) is 16.6. The number of ether oxygens (including phenoxy) is 4. The highest BCUT2D eigenvalue weighted by Crippen LogP contribution is 2.40. The molecule has 3 aromatic carbocycles. The summed E-state index contributed by atoms with van der Waals surface area (Å²) in [7, 11) is 0. The normalized spacial score (nSPS) is 28.6. The standard InChI is InChI=1S/C26H23ClO6S/c27-18-13-11-16(12-14-18)24(29)32-23-21(28)26(34-19-9-5-2-6-10-19)31-20-15-30-25(33-22(20)23)17-7-3-1-4-8-17/h1-14,20-23,25-26,28H,15H2/t20-,21-,22+,23-,25+,26+/m1/s1. The number of aliphatic hydroxyl groups excluding tert-OH is 1. The second-order valence-corrected chi connectivity index (χ2v) is 9.63. The van der Waals surface area contributed by atoms with Crippen LogP contribution in [-0.2, 0) is 18.9 Å². The fraction of sp³-hybridized carbons (Fsp3) is 0.269. The number of aliphatic hydroxyl groups is 1. The summed E-state index contributed by atoms with van der Waals surface area (Å²) in [5.41, 5.74) is 0.490. The number of hydrogen-bond acceptors (Lipinski definition) is 7. The van der Waals surface area contributed by atoms with Crippen molar-refractivity contribution in [1.29, 1.82) is 0 Å². The smallest absolute Gasteiger partial charge is 0.338 e. The minimum absolute atomic E-state index is 0.234. The fourth-order valence-electron chi connectivity index (χ4n) is 3.98. The van der Waals surface area contributed by atoms with Crippen LogP contribution in [0.15, 0.2) is 89.8 Å². The third-order valence-corrected chi connectivity index (χ3v) is 7.12. The number of benzene rings is 3. The van der Waals surface area contributed by atoms with Gasteiger partial charge in [-0.2, -0.15) is 0 Å². The van der Waals surface area contributed by atoms with Gasteiger partial charge in [-0.15, -0.1) is 0 Å². The molecule has 2 aliphatic heterocycles. The maximum atomic E-state index is 12.9. The van der Waals surface area contributed by atoms with Crippen LogP contribution >= 0.6 is 23.4 Å². The molecule has 6 nitrogen and oxygen atoms in total. The lowest BCUT2D eigenvalue weighted by atomic mass is 9.98. The van der Waals surface area contributed by atoms with Gasteiger partial charge in [0.2, 0.25) is 0 Å². The Bertz CT molecular complexity index is 1100. The molecule has 0 bridgehead atoms. The third-order valence-electron chi connectivity index (χ3n) is 5.70. The second-order valence-electron chi connectivity index (χ2n) is 8.02. The van der Waals surface area contributed by atoms with E-state index < -0.39 is 42.1 Å². The molecular formula is C26H23ClO6S. The van der Waals surface area contributed by atoms with E-state index in [0.717, 1.165) is 10.5 Å². The molecule has 0 aliphatic carbocycles. The van der Waals surface area contributed by atoms with E-state index in [1.54, 1.807) is 24.3 Å². The number of esters is 1. The van der Waals surface area contributed by atoms with Gasteiger partial charge in [0.05, 0.1) is 12.2 Å². The van der Waals surface area contributed by atoms with Crippen molar-refractivity contribution in [2.75, 3.05) is 6.61 Å². The van der Waals surface area contributed by atoms with Crippen LogP contribution < -0.4 is 0 Å². The zero-order valence-electron chi connectivity index (χ0n) is 18.0. The van der Waals surface area contributed by atoms with Gasteiger partial charge in [0.1, 0.15) is 23.7 Å². The van der Waals surface area contributed by atoms with Gasteiger partial charge in [0.25, 0.3) is 0 Å². The highest BCUT2D eigenvalue weighted by Gasteiger charge is 2.51. The topological polar surface area (TPSA) is 74.2 Å². The molecular weight excluding hydrogens is 476 g/mol. The van der Waals surface area contributed by atoms with E-state index in [2.05, 4.69) is 0 Å². The van der Waals surface area contributed by atoms with E-state index in [1.807, 2.05) is 60.7 Å². The van der Waals surface area contributed by atoms with E-state index in [0.29, 0.717) is 10.6 Å². The van der Waals surface area contributed by atoms with Crippen molar-refractivity contribution in [1.82, 2.24) is 0 Å². The monoisotopic (exact) mass is 498 g/mol. The van der Waals surface area contributed by atoms with E-state index in [4.69, 9.17) is 30.5 Å². The zero-order valence-corrected chi connectivity index (χ0v) is 19.6. The van der Waals surface area contributed by atoms with Crippen LogP contribution in [0.25, 0.3) is 0 Å². The number of carbonyl (C=O) groups is 1. The van der Waals surface area contributed by atoms with Crippen LogP contribution in [0.2, 0.25) is 5.02 Å². The lowest BCUT2D eigenvalue weighted by molar-refractivity contribution is -0.317. The van der Waals surface area contributed by atoms with Gasteiger partial charge in [-0.3, -0.25) is 0 Å². The Kier molecular flexibility index (Phi) is 7.20. The minimum Gasteiger partial charge on any atom is -0.453 e. The Morgan fingerprint density at radius 2 is 1.62 bits per heavy atom. The van der Waals surface area contributed by atoms with Crippen molar-refractivity contribution >= 4 is 29.3 Å². The van der Waals surface area contributed by atoms with Crippen LogP contribution in [0.4, 0.5) is 0 Å². The van der Waals surface area contributed by atoms with Gasteiger partial charge in [-0.1, -0.05) is 71.9 Å². The van der Waals surface area contributed by atoms with E-state index in [-0.39, 0.29) is 6.61 Å². The molecule has 2 fully saturated rings. The van der Waals surface area contributed by atoms with Crippen molar-refractivity contribution in [2.45, 2.75) is 41.0 Å². The van der Waals surface area contributed by atoms with Crippen LogP contribution in [0.1, 0.15) is 22.2 Å². The third kappa shape index (κ3) is 5.15. The van der Waals surface area contributed by atoms with E-state index in [9.17, 15) is 9.90 Å². The number of fused-ring (bicyclic) bond motifs is 1. The Morgan fingerprint density at radius 1 is 0.941 bits per heavy atom. The quantitative estimate of drug-likeness (QED) is 0.503. The first-order valence-corrected chi connectivity index (χ1v) is 12.2. The summed E-state index contributed by atoms with van der Waals surface area (Å²) in [5.74, 6) is -0.573. The van der Waals surface area contributed by atoms with Gasteiger partial charge < -0.3 is 24.1 Å². The molecule has 2 aliphatic rings. The molecule has 8 heteroatoms. The average molecular weight is 499 g/mol. The molecule has 0 aromatic heterocycles. The second kappa shape index (κ2) is 10.5. The summed E-state index contributed by atoms with van der Waals surface area (Å²) in [6.07, 6.45) is -3.98. The highest BCUT2D eigenvalue weighted by molar-refractivity contribution is 7.99. The van der Waals surface area contributed by atoms with Crippen LogP contribution in [0.5, 0.6) is 0 Å². The Hall–Kier alpha value is -2.39. The highest BCUT2D eigenvalue weighted by atomic mass is 35.5. The molecule has 2 heterocycles. The summed E-state index contributed by atoms with van der Waals surface area (Å²) in [6.45, 7) is 0.234. The number of carbonyl (C=O) groups excluding carboxylic acids is 1. The Balaban J connectivity index is 1.40. The minimum atomic E-state index is -1.13. The van der Waals surface area contributed by atoms with Crippen LogP contribution in [0.3, 0.4) is 0 Å². The average Bonchev–Trinajstić information content (AvgIpc) is 2.88. The van der Waals surface area contributed by atoms with E-state index in [1.165, 1.54) is 11.8 Å². The molecule has 0 amide bonds. The Morgan fingerprint density at radius 3 is 2.32 bits per heavy atom. The van der Waals surface area contributed by atoms with Gasteiger partial charge in [0, 0.05) is 15.5 Å². The van der Waals surface area contributed by atoms with Crippen molar-refractivity contribution in [3.63, 3.8) is 0 Å². The SMILES string of the molecule is O=C(O[C@@H]1[C@@H](O)[C@H](Sc2ccccc2)O[C@@H]2CO[C@H](c3ccccc3)O[C@H]12)c1ccc(Cl)cc1. The van der Waals surface area contributed by atoms with Gasteiger partial charge in [-0.25, -0.2) is 4.79 Å². The molecule has 0 radical (unpaired) electrons. The first kappa shape index (κ1) is 23.4. The lowest BCUT2D eigenvalue weighted by Gasteiger charge is -2.47. The number of rotatable bonds is 5. The van der Waals surface area contributed by atoms with Gasteiger partial charge in [0.15, 0.2) is 12.4 Å². The number of halogens is 1. The maximum Gasteiger partial charge on any atom is 0.338 e. The van der Waals surface area contributed by atoms with E-state index >= 15 is 0 Å². The lowest BCUT2D eigenvalue weighted by Crippen LogP contribution is -2.62. The predicted octanol–water partition coefficient (Wildman–Crippen LogP) is 4.86. The van der Waals surface area contributed by atoms with Gasteiger partial charge >= 0.3 is 5.97 Å². The first-order valence-electron chi connectivity index (χ1n) is 10.9. The molecule has 2 saturated heterocycles. The molecule has 34 heavy (non-hydrogen) atoms. The summed E-state index contributed by atoms with van der Waals surface area (Å²) in [4.78, 5) is 13.9. The van der Waals surface area contributed by atoms with Crippen molar-refractivity contribution in [3.05, 3.63) is 101 Å².